The molecule has 0 saturated carbocycles. The third-order valence-electron chi connectivity index (χ3n) is 0.816. The number of hydrogen-bond acceptors (Lipinski definition) is 2. The van der Waals surface area contributed by atoms with Crippen LogP contribution in [-0.4, -0.2) is 32.7 Å². The predicted molar refractivity (Wildman–Crippen MR) is 46.4 cm³/mol. The van der Waals surface area contributed by atoms with Crippen LogP contribution in [0.3, 0.4) is 0 Å². The first-order valence-corrected chi connectivity index (χ1v) is 3.57. The van der Waals surface area contributed by atoms with Gasteiger partial charge in [0, 0.05) is 0 Å². The smallest absolute Gasteiger partial charge is 0.450 e. The molecule has 0 spiro atoms. The Hall–Kier alpha value is -1.46. The van der Waals surface area contributed by atoms with Crippen LogP contribution in [0.25, 0.3) is 0 Å². The molecule has 4 N–H and O–H groups in total. The van der Waals surface area contributed by atoms with Crippen LogP contribution >= 0.6 is 0 Å². The van der Waals surface area contributed by atoms with E-state index in [0.29, 0.717) is 0 Å². The highest BCUT2D eigenvalue weighted by atomic mass is 16.6. The average molecular weight is 196 g/mol. The van der Waals surface area contributed by atoms with E-state index in [9.17, 15) is 0 Å². The fourth-order valence-electron chi connectivity index (χ4n) is 0. The van der Waals surface area contributed by atoms with Crippen LogP contribution < -0.4 is 0 Å². The molecule has 0 fully saturated rings. The van der Waals surface area contributed by atoms with Crippen molar-refractivity contribution in [3.8, 4) is 0 Å². The monoisotopic (exact) mass is 196 g/mol. The van der Waals surface area contributed by atoms with Crippen molar-refractivity contribution in [2.24, 2.45) is 5.92 Å². The van der Waals surface area contributed by atoms with Crippen molar-refractivity contribution in [1.82, 2.24) is 0 Å². The first-order chi connectivity index (χ1) is 5.73. The van der Waals surface area contributed by atoms with Crippen molar-refractivity contribution in [2.75, 3.05) is 0 Å². The van der Waals surface area contributed by atoms with Gasteiger partial charge in [0.1, 0.15) is 0 Å². The molecule has 6 heteroatoms. The van der Waals surface area contributed by atoms with Gasteiger partial charge >= 0.3 is 12.3 Å². The standard InChI is InChI=1S/C5H12.2CH2O3/c1-4-5(2)3;2*2-1(3)4/h5H,4H2,1-3H3;2*(H2,2,3,4). The normalized spacial score (nSPS) is 7.38. The molecule has 0 aliphatic rings. The average Bonchev–Trinajstić information content (AvgIpc) is 1.84. The minimum Gasteiger partial charge on any atom is -0.450 e. The molecule has 0 unspecified atom stereocenters. The Morgan fingerprint density at radius 1 is 1.00 bits per heavy atom. The first-order valence-electron chi connectivity index (χ1n) is 3.57. The van der Waals surface area contributed by atoms with E-state index in [1.54, 1.807) is 0 Å². The van der Waals surface area contributed by atoms with E-state index in [1.165, 1.54) is 6.42 Å². The maximum absolute atomic E-state index is 8.56. The maximum Gasteiger partial charge on any atom is 0.503 e. The van der Waals surface area contributed by atoms with Crippen molar-refractivity contribution in [2.45, 2.75) is 27.2 Å². The van der Waals surface area contributed by atoms with E-state index in [4.69, 9.17) is 30.0 Å². The van der Waals surface area contributed by atoms with Gasteiger partial charge in [-0.1, -0.05) is 27.2 Å². The van der Waals surface area contributed by atoms with Crippen LogP contribution in [0.5, 0.6) is 0 Å². The van der Waals surface area contributed by atoms with Gasteiger partial charge in [0.25, 0.3) is 0 Å². The Labute approximate surface area is 76.4 Å². The molecule has 0 atom stereocenters. The summed E-state index contributed by atoms with van der Waals surface area (Å²) in [6.07, 6.45) is -2.36. The van der Waals surface area contributed by atoms with E-state index in [0.717, 1.165) is 5.92 Å². The molecule has 0 heterocycles. The zero-order valence-electron chi connectivity index (χ0n) is 7.89. The summed E-state index contributed by atoms with van der Waals surface area (Å²) in [5.74, 6) is 0.884. The fraction of sp³-hybridized carbons (Fsp3) is 0.714. The Morgan fingerprint density at radius 2 is 1.08 bits per heavy atom. The summed E-state index contributed by atoms with van der Waals surface area (Å²) < 4.78 is 0. The van der Waals surface area contributed by atoms with E-state index < -0.39 is 12.3 Å². The van der Waals surface area contributed by atoms with Gasteiger partial charge < -0.3 is 20.4 Å². The summed E-state index contributed by atoms with van der Waals surface area (Å²) >= 11 is 0. The topological polar surface area (TPSA) is 115 Å². The third-order valence-corrected chi connectivity index (χ3v) is 0.816. The number of carbonyl (C=O) groups is 2. The van der Waals surface area contributed by atoms with E-state index in [-0.39, 0.29) is 0 Å². The third kappa shape index (κ3) is 2640. The molecule has 0 aromatic heterocycles. The Balaban J connectivity index is -0.000000117. The molecule has 0 rings (SSSR count). The van der Waals surface area contributed by atoms with Crippen LogP contribution in [0.2, 0.25) is 0 Å². The number of carboxylic acid groups (broad SMARTS) is 4. The lowest BCUT2D eigenvalue weighted by atomic mass is 10.2. The van der Waals surface area contributed by atoms with Crippen molar-refractivity contribution >= 4 is 12.3 Å². The lowest BCUT2D eigenvalue weighted by Gasteiger charge is -1.90. The molecule has 0 aliphatic carbocycles. The summed E-state index contributed by atoms with van der Waals surface area (Å²) in [5.41, 5.74) is 0. The van der Waals surface area contributed by atoms with Crippen molar-refractivity contribution < 1.29 is 30.0 Å². The molecular formula is C7H16O6. The van der Waals surface area contributed by atoms with Crippen LogP contribution in [-0.2, 0) is 0 Å². The molecule has 0 saturated heterocycles. The van der Waals surface area contributed by atoms with Gasteiger partial charge in [-0.05, 0) is 5.92 Å². The lowest BCUT2D eigenvalue weighted by molar-refractivity contribution is 0.135. The van der Waals surface area contributed by atoms with Gasteiger partial charge in [0.15, 0.2) is 0 Å². The molecule has 6 nitrogen and oxygen atoms in total. The Bertz CT molecular complexity index is 111. The van der Waals surface area contributed by atoms with Gasteiger partial charge in [-0.3, -0.25) is 0 Å². The van der Waals surface area contributed by atoms with Gasteiger partial charge in [0.05, 0.1) is 0 Å². The molecule has 0 aliphatic heterocycles. The van der Waals surface area contributed by atoms with Crippen molar-refractivity contribution in [3.05, 3.63) is 0 Å². The SMILES string of the molecule is CCC(C)C.O=C(O)O.O=C(O)O. The summed E-state index contributed by atoms with van der Waals surface area (Å²) in [7, 11) is 0. The van der Waals surface area contributed by atoms with E-state index >= 15 is 0 Å². The second-order valence-electron chi connectivity index (χ2n) is 2.37. The Morgan fingerprint density at radius 3 is 1.08 bits per heavy atom. The second-order valence-corrected chi connectivity index (χ2v) is 2.37. The predicted octanol–water partition coefficient (Wildman–Crippen LogP) is 2.50. The first kappa shape index (κ1) is 17.6. The van der Waals surface area contributed by atoms with E-state index in [2.05, 4.69) is 20.8 Å². The van der Waals surface area contributed by atoms with Crippen molar-refractivity contribution in [3.63, 3.8) is 0 Å². The highest BCUT2D eigenvalue weighted by Gasteiger charge is 1.80. The summed E-state index contributed by atoms with van der Waals surface area (Å²) in [4.78, 5) is 17.1. The molecule has 13 heavy (non-hydrogen) atoms. The zero-order chi connectivity index (χ0) is 11.4. The van der Waals surface area contributed by atoms with Crippen LogP contribution in [0, 0.1) is 5.92 Å². The van der Waals surface area contributed by atoms with Gasteiger partial charge in [0.2, 0.25) is 0 Å². The largest absolute Gasteiger partial charge is 0.503 e. The zero-order valence-corrected chi connectivity index (χ0v) is 7.89. The highest BCUT2D eigenvalue weighted by Crippen LogP contribution is 1.93. The van der Waals surface area contributed by atoms with Gasteiger partial charge in [-0.2, -0.15) is 0 Å². The summed E-state index contributed by atoms with van der Waals surface area (Å²) in [5, 5.41) is 27.9. The van der Waals surface area contributed by atoms with Crippen LogP contribution in [0.4, 0.5) is 9.59 Å². The molecular weight excluding hydrogens is 180 g/mol. The second kappa shape index (κ2) is 13.2. The number of hydrogen-bond donors (Lipinski definition) is 4. The minimum absolute atomic E-state index is 0.884. The quantitative estimate of drug-likeness (QED) is 0.512. The summed E-state index contributed by atoms with van der Waals surface area (Å²) in [6.45, 7) is 6.64. The van der Waals surface area contributed by atoms with Gasteiger partial charge in [-0.15, -0.1) is 0 Å². The maximum atomic E-state index is 8.56. The minimum atomic E-state index is -1.83. The Kier molecular flexibility index (Phi) is 17.8. The molecule has 0 amide bonds. The number of rotatable bonds is 1. The van der Waals surface area contributed by atoms with Gasteiger partial charge in [-0.25, -0.2) is 9.59 Å². The van der Waals surface area contributed by atoms with Crippen LogP contribution in [0.15, 0.2) is 0 Å². The fourth-order valence-corrected chi connectivity index (χ4v) is 0. The van der Waals surface area contributed by atoms with Crippen LogP contribution in [0.1, 0.15) is 27.2 Å². The molecule has 0 bridgehead atoms. The van der Waals surface area contributed by atoms with E-state index in [1.807, 2.05) is 0 Å². The molecule has 80 valence electrons. The lowest BCUT2D eigenvalue weighted by Crippen LogP contribution is -1.81. The molecule has 0 radical (unpaired) electrons. The van der Waals surface area contributed by atoms with Crippen molar-refractivity contribution in [1.29, 1.82) is 0 Å². The summed E-state index contributed by atoms with van der Waals surface area (Å²) in [6, 6.07) is 0. The highest BCUT2D eigenvalue weighted by molar-refractivity contribution is 5.53. The molecule has 0 aromatic rings. The molecule has 0 aromatic carbocycles.